The molecule has 23 heavy (non-hydrogen) atoms. The molecule has 2 unspecified atom stereocenters. The molecule has 3 nitrogen and oxygen atoms in total. The second kappa shape index (κ2) is 6.31. The second-order valence-corrected chi connectivity index (χ2v) is 6.80. The molecule has 2 aromatic rings. The Kier molecular flexibility index (Phi) is 4.38. The van der Waals surface area contributed by atoms with Crippen LogP contribution in [0.5, 0.6) is 0 Å². The van der Waals surface area contributed by atoms with Crippen molar-refractivity contribution in [3.05, 3.63) is 54.0 Å². The third kappa shape index (κ3) is 2.62. The third-order valence-electron chi connectivity index (χ3n) is 5.34. The van der Waals surface area contributed by atoms with Gasteiger partial charge in [0.2, 0.25) is 0 Å². The highest BCUT2D eigenvalue weighted by molar-refractivity contribution is 5.40. The SMILES string of the molecule is CC.CC1(C)C2CCCc3ccccc3C2Nc2cncc[n+]21. The summed E-state index contributed by atoms with van der Waals surface area (Å²) in [6.07, 6.45) is 9.66. The minimum Gasteiger partial charge on any atom is -0.266 e. The summed E-state index contributed by atoms with van der Waals surface area (Å²) in [4.78, 5) is 4.30. The van der Waals surface area contributed by atoms with E-state index in [0.29, 0.717) is 12.0 Å². The molecular weight excluding hydrogens is 282 g/mol. The average molecular weight is 310 g/mol. The van der Waals surface area contributed by atoms with Gasteiger partial charge in [0, 0.05) is 5.92 Å². The fourth-order valence-electron chi connectivity index (χ4n) is 4.21. The van der Waals surface area contributed by atoms with Crippen LogP contribution in [0.15, 0.2) is 42.9 Å². The summed E-state index contributed by atoms with van der Waals surface area (Å²) in [7, 11) is 0. The average Bonchev–Trinajstić information content (AvgIpc) is 2.77. The quantitative estimate of drug-likeness (QED) is 0.737. The molecule has 0 amide bonds. The highest BCUT2D eigenvalue weighted by Crippen LogP contribution is 2.44. The molecule has 122 valence electrons. The number of hydrogen-bond donors (Lipinski definition) is 1. The molecule has 0 fully saturated rings. The van der Waals surface area contributed by atoms with Gasteiger partial charge in [-0.2, -0.15) is 0 Å². The highest BCUT2D eigenvalue weighted by atomic mass is 15.2. The van der Waals surface area contributed by atoms with E-state index < -0.39 is 0 Å². The number of fused-ring (bicyclic) bond motifs is 4. The van der Waals surface area contributed by atoms with Crippen molar-refractivity contribution in [3.63, 3.8) is 0 Å². The van der Waals surface area contributed by atoms with Crippen molar-refractivity contribution >= 4 is 5.82 Å². The Bertz CT molecular complexity index is 678. The van der Waals surface area contributed by atoms with Gasteiger partial charge < -0.3 is 0 Å². The molecule has 2 aliphatic rings. The molecule has 0 bridgehead atoms. The maximum Gasteiger partial charge on any atom is 0.294 e. The standard InChI is InChI=1S/C18H21N3.C2H6/c1-18(2)15-9-5-7-13-6-3-4-8-14(13)17(15)20-16-12-19-10-11-21(16)18;1-2/h3-4,6,8,10-12,15,17H,5,7,9H2,1-2H3;1-2H3/p+1. The number of benzene rings is 1. The summed E-state index contributed by atoms with van der Waals surface area (Å²) >= 11 is 0. The molecule has 1 aromatic heterocycles. The number of aryl methyl sites for hydroxylation is 1. The fraction of sp³-hybridized carbons (Fsp3) is 0.500. The van der Waals surface area contributed by atoms with E-state index in [1.807, 2.05) is 26.2 Å². The van der Waals surface area contributed by atoms with Gasteiger partial charge >= 0.3 is 0 Å². The van der Waals surface area contributed by atoms with Gasteiger partial charge in [-0.25, -0.2) is 4.57 Å². The summed E-state index contributed by atoms with van der Waals surface area (Å²) < 4.78 is 2.36. The maximum atomic E-state index is 4.30. The van der Waals surface area contributed by atoms with Gasteiger partial charge in [0.15, 0.2) is 0 Å². The van der Waals surface area contributed by atoms with Crippen molar-refractivity contribution in [1.82, 2.24) is 4.98 Å². The molecule has 1 N–H and O–H groups in total. The Morgan fingerprint density at radius 1 is 1.22 bits per heavy atom. The van der Waals surface area contributed by atoms with Gasteiger partial charge in [0.05, 0.1) is 6.20 Å². The topological polar surface area (TPSA) is 28.8 Å². The Hall–Kier alpha value is -1.90. The van der Waals surface area contributed by atoms with Gasteiger partial charge in [-0.3, -0.25) is 10.3 Å². The number of aromatic nitrogens is 2. The van der Waals surface area contributed by atoms with Crippen molar-refractivity contribution in [2.75, 3.05) is 5.32 Å². The van der Waals surface area contributed by atoms with E-state index in [4.69, 9.17) is 0 Å². The molecule has 2 atom stereocenters. The molecule has 2 heterocycles. The summed E-state index contributed by atoms with van der Waals surface area (Å²) in [6, 6.07) is 9.31. The minimum absolute atomic E-state index is 0.103. The summed E-state index contributed by atoms with van der Waals surface area (Å²) in [5.41, 5.74) is 3.08. The number of nitrogens with one attached hydrogen (secondary N) is 1. The van der Waals surface area contributed by atoms with Gasteiger partial charge in [-0.1, -0.05) is 38.1 Å². The largest absolute Gasteiger partial charge is 0.294 e. The van der Waals surface area contributed by atoms with Crippen LogP contribution in [0.25, 0.3) is 0 Å². The monoisotopic (exact) mass is 310 g/mol. The van der Waals surface area contributed by atoms with Crippen molar-refractivity contribution in [2.24, 2.45) is 5.92 Å². The predicted octanol–water partition coefficient (Wildman–Crippen LogP) is 4.25. The number of nitrogens with zero attached hydrogens (tertiary/aromatic N) is 2. The first kappa shape index (κ1) is 16.0. The smallest absolute Gasteiger partial charge is 0.266 e. The fourth-order valence-corrected chi connectivity index (χ4v) is 4.21. The lowest BCUT2D eigenvalue weighted by molar-refractivity contribution is -0.759. The Labute approximate surface area is 139 Å². The zero-order chi connectivity index (χ0) is 16.4. The Balaban J connectivity index is 0.000000753. The lowest BCUT2D eigenvalue weighted by Crippen LogP contribution is -2.63. The van der Waals surface area contributed by atoms with Gasteiger partial charge in [-0.05, 0) is 44.2 Å². The van der Waals surface area contributed by atoms with Crippen molar-refractivity contribution < 1.29 is 4.57 Å². The molecule has 0 saturated carbocycles. The molecule has 0 radical (unpaired) electrons. The molecule has 1 aliphatic heterocycles. The molecule has 4 rings (SSSR count). The number of anilines is 1. The second-order valence-electron chi connectivity index (χ2n) is 6.80. The van der Waals surface area contributed by atoms with Gasteiger partial charge in [0.25, 0.3) is 5.82 Å². The molecule has 3 heteroatoms. The van der Waals surface area contributed by atoms with Crippen LogP contribution in [0.2, 0.25) is 0 Å². The first-order valence-electron chi connectivity index (χ1n) is 8.88. The zero-order valence-electron chi connectivity index (χ0n) is 14.7. The van der Waals surface area contributed by atoms with E-state index in [1.165, 1.54) is 30.4 Å². The van der Waals surface area contributed by atoms with E-state index in [1.54, 1.807) is 0 Å². The van der Waals surface area contributed by atoms with Crippen LogP contribution in [-0.4, -0.2) is 4.98 Å². The van der Waals surface area contributed by atoms with Crippen LogP contribution in [0.1, 0.15) is 57.7 Å². The van der Waals surface area contributed by atoms with Crippen LogP contribution in [0.3, 0.4) is 0 Å². The van der Waals surface area contributed by atoms with Crippen molar-refractivity contribution in [3.8, 4) is 0 Å². The predicted molar refractivity (Wildman–Crippen MR) is 94.3 cm³/mol. The van der Waals surface area contributed by atoms with E-state index in [9.17, 15) is 0 Å². The Morgan fingerprint density at radius 3 is 2.83 bits per heavy atom. The third-order valence-corrected chi connectivity index (χ3v) is 5.34. The molecule has 1 aromatic carbocycles. The van der Waals surface area contributed by atoms with Crippen LogP contribution >= 0.6 is 0 Å². The van der Waals surface area contributed by atoms with E-state index >= 15 is 0 Å². The highest BCUT2D eigenvalue weighted by Gasteiger charge is 2.49. The van der Waals surface area contributed by atoms with Crippen LogP contribution < -0.4 is 9.88 Å². The van der Waals surface area contributed by atoms with Gasteiger partial charge in [0.1, 0.15) is 24.0 Å². The number of rotatable bonds is 0. The van der Waals surface area contributed by atoms with Crippen LogP contribution in [-0.2, 0) is 12.0 Å². The first-order chi connectivity index (χ1) is 11.2. The van der Waals surface area contributed by atoms with Crippen molar-refractivity contribution in [1.29, 1.82) is 0 Å². The summed E-state index contributed by atoms with van der Waals surface area (Å²) in [5, 5.41) is 3.75. The molecule has 0 saturated heterocycles. The van der Waals surface area contributed by atoms with Crippen LogP contribution in [0, 0.1) is 5.92 Å². The van der Waals surface area contributed by atoms with E-state index in [0.717, 1.165) is 5.82 Å². The van der Waals surface area contributed by atoms with Crippen molar-refractivity contribution in [2.45, 2.75) is 58.5 Å². The Morgan fingerprint density at radius 2 is 2.00 bits per heavy atom. The van der Waals surface area contributed by atoms with E-state index in [2.05, 4.69) is 59.2 Å². The molecular formula is C20H28N3+. The summed E-state index contributed by atoms with van der Waals surface area (Å²) in [5.74, 6) is 1.72. The van der Waals surface area contributed by atoms with Crippen LogP contribution in [0.4, 0.5) is 5.82 Å². The van der Waals surface area contributed by atoms with Gasteiger partial charge in [-0.15, -0.1) is 0 Å². The number of hydrogen-bond acceptors (Lipinski definition) is 2. The molecule has 0 spiro atoms. The normalized spacial score (nSPS) is 23.8. The molecule has 1 aliphatic carbocycles. The lowest BCUT2D eigenvalue weighted by atomic mass is 9.75. The maximum absolute atomic E-state index is 4.30. The summed E-state index contributed by atoms with van der Waals surface area (Å²) in [6.45, 7) is 8.73. The van der Waals surface area contributed by atoms with E-state index in [-0.39, 0.29) is 5.54 Å². The lowest BCUT2D eigenvalue weighted by Gasteiger charge is -2.40. The zero-order valence-corrected chi connectivity index (χ0v) is 14.7. The first-order valence-corrected chi connectivity index (χ1v) is 8.88. The minimum atomic E-state index is 0.103.